The maximum atomic E-state index is 14.6. The summed E-state index contributed by atoms with van der Waals surface area (Å²) in [5, 5.41) is 3.92. The van der Waals surface area contributed by atoms with Gasteiger partial charge < -0.3 is 10.2 Å². The first-order chi connectivity index (χ1) is 21.7. The maximum absolute atomic E-state index is 14.6. The fourth-order valence-corrected chi connectivity index (χ4v) is 6.78. The van der Waals surface area contributed by atoms with Crippen LogP contribution < -0.4 is 9.62 Å². The average Bonchev–Trinajstić information content (AvgIpc) is 3.00. The molecule has 1 atom stereocenters. The molecule has 0 saturated heterocycles. The van der Waals surface area contributed by atoms with E-state index < -0.39 is 34.1 Å². The van der Waals surface area contributed by atoms with Gasteiger partial charge in [0.25, 0.3) is 10.0 Å². The van der Waals surface area contributed by atoms with Crippen LogP contribution in [0.25, 0.3) is 0 Å². The van der Waals surface area contributed by atoms with Crippen LogP contribution in [0.2, 0.25) is 10.0 Å². The molecule has 4 rings (SSSR count). The van der Waals surface area contributed by atoms with Crippen LogP contribution in [0.5, 0.6) is 0 Å². The number of sulfonamides is 1. The summed E-state index contributed by atoms with van der Waals surface area (Å²) in [5.41, 5.74) is 2.66. The molecule has 10 heteroatoms. The molecule has 0 aliphatic rings. The van der Waals surface area contributed by atoms with Crippen LogP contribution in [0.1, 0.15) is 43.0 Å². The Hall–Kier alpha value is -3.85. The van der Waals surface area contributed by atoms with E-state index >= 15 is 0 Å². The van der Waals surface area contributed by atoms with Crippen molar-refractivity contribution in [1.29, 1.82) is 0 Å². The lowest BCUT2D eigenvalue weighted by atomic mass is 10.0. The second kappa shape index (κ2) is 14.7. The van der Waals surface area contributed by atoms with Gasteiger partial charge in [-0.1, -0.05) is 89.4 Å². The molecule has 0 bridgehead atoms. The molecule has 0 aliphatic heterocycles. The van der Waals surface area contributed by atoms with Gasteiger partial charge in [-0.2, -0.15) is 0 Å². The van der Waals surface area contributed by atoms with Gasteiger partial charge in [0.1, 0.15) is 12.6 Å². The first-order valence-electron chi connectivity index (χ1n) is 14.9. The first kappa shape index (κ1) is 35.0. The molecule has 46 heavy (non-hydrogen) atoms. The van der Waals surface area contributed by atoms with Crippen LogP contribution >= 0.6 is 23.2 Å². The number of aryl methyl sites for hydroxylation is 1. The van der Waals surface area contributed by atoms with E-state index in [1.165, 1.54) is 17.0 Å². The molecule has 1 N–H and O–H groups in total. The van der Waals surface area contributed by atoms with Crippen LogP contribution in [-0.4, -0.2) is 43.3 Å². The average molecular weight is 681 g/mol. The zero-order chi connectivity index (χ0) is 33.6. The maximum Gasteiger partial charge on any atom is 0.264 e. The van der Waals surface area contributed by atoms with Gasteiger partial charge in [0.15, 0.2) is 0 Å². The Kier molecular flexibility index (Phi) is 11.2. The number of carbonyl (C=O) groups is 2. The van der Waals surface area contributed by atoms with Crippen molar-refractivity contribution in [1.82, 2.24) is 10.2 Å². The highest BCUT2D eigenvalue weighted by Crippen LogP contribution is 2.31. The molecule has 2 amide bonds. The monoisotopic (exact) mass is 679 g/mol. The van der Waals surface area contributed by atoms with Gasteiger partial charge in [0.2, 0.25) is 11.8 Å². The minimum Gasteiger partial charge on any atom is -0.350 e. The number of hydrogen-bond acceptors (Lipinski definition) is 4. The van der Waals surface area contributed by atoms with Crippen molar-refractivity contribution in [2.45, 2.75) is 64.1 Å². The fraction of sp³-hybridized carbons (Fsp3) is 0.278. The number of anilines is 1. The Labute approximate surface area is 282 Å². The molecule has 4 aromatic rings. The van der Waals surface area contributed by atoms with E-state index in [0.717, 1.165) is 21.0 Å². The third-order valence-corrected chi connectivity index (χ3v) is 9.87. The van der Waals surface area contributed by atoms with Gasteiger partial charge in [-0.15, -0.1) is 0 Å². The third-order valence-electron chi connectivity index (χ3n) is 7.43. The summed E-state index contributed by atoms with van der Waals surface area (Å²) in [5.74, 6) is -0.916. The van der Waals surface area contributed by atoms with Gasteiger partial charge in [-0.05, 0) is 87.7 Å². The number of rotatable bonds is 11. The van der Waals surface area contributed by atoms with Crippen LogP contribution in [0.3, 0.4) is 0 Å². The molecule has 4 aromatic carbocycles. The summed E-state index contributed by atoms with van der Waals surface area (Å²) in [6.45, 7) is 8.65. The van der Waals surface area contributed by atoms with Crippen molar-refractivity contribution in [3.8, 4) is 0 Å². The van der Waals surface area contributed by atoms with Gasteiger partial charge in [-0.25, -0.2) is 8.42 Å². The summed E-state index contributed by atoms with van der Waals surface area (Å²) < 4.78 is 29.6. The van der Waals surface area contributed by atoms with Crippen molar-refractivity contribution < 1.29 is 18.0 Å². The van der Waals surface area contributed by atoms with E-state index in [4.69, 9.17) is 23.2 Å². The van der Waals surface area contributed by atoms with Gasteiger partial charge in [0.05, 0.1) is 10.6 Å². The molecule has 0 heterocycles. The Morgan fingerprint density at radius 3 is 2.04 bits per heavy atom. The Morgan fingerprint density at radius 2 is 1.43 bits per heavy atom. The highest BCUT2D eigenvalue weighted by atomic mass is 35.5. The normalized spacial score (nSPS) is 12.3. The predicted molar refractivity (Wildman–Crippen MR) is 186 cm³/mol. The molecule has 0 radical (unpaired) electrons. The summed E-state index contributed by atoms with van der Waals surface area (Å²) in [6, 6.07) is 26.8. The predicted octanol–water partition coefficient (Wildman–Crippen LogP) is 7.36. The van der Waals surface area contributed by atoms with Crippen molar-refractivity contribution in [3.05, 3.63) is 129 Å². The van der Waals surface area contributed by atoms with Crippen LogP contribution in [0.15, 0.2) is 102 Å². The van der Waals surface area contributed by atoms with Crippen LogP contribution in [0, 0.1) is 13.8 Å². The summed E-state index contributed by atoms with van der Waals surface area (Å²) in [7, 11) is -4.24. The fourth-order valence-electron chi connectivity index (χ4n) is 5.01. The lowest BCUT2D eigenvalue weighted by Crippen LogP contribution is -2.56. The Morgan fingerprint density at radius 1 is 0.804 bits per heavy atom. The van der Waals surface area contributed by atoms with E-state index in [1.807, 2.05) is 58.0 Å². The number of halogens is 2. The SMILES string of the molecule is Cc1ccc(S(=O)(=O)N(CC(=O)N(Cc2ccc(Cl)cc2)[C@@H](Cc2ccccc2)C(=O)NC(C)(C)C)c2cccc(Cl)c2C)cc1. The molecule has 0 aliphatic carbocycles. The van der Waals surface area contributed by atoms with Gasteiger partial charge in [-0.3, -0.25) is 13.9 Å². The van der Waals surface area contributed by atoms with E-state index in [9.17, 15) is 18.0 Å². The Balaban J connectivity index is 1.84. The van der Waals surface area contributed by atoms with Gasteiger partial charge in [0, 0.05) is 28.5 Å². The molecule has 0 unspecified atom stereocenters. The minimum absolute atomic E-state index is 0.0286. The second-order valence-electron chi connectivity index (χ2n) is 12.3. The number of carbonyl (C=O) groups excluding carboxylic acids is 2. The van der Waals surface area contributed by atoms with E-state index in [0.29, 0.717) is 15.6 Å². The highest BCUT2D eigenvalue weighted by molar-refractivity contribution is 7.92. The number of nitrogens with zero attached hydrogens (tertiary/aromatic N) is 2. The lowest BCUT2D eigenvalue weighted by Gasteiger charge is -2.35. The van der Waals surface area contributed by atoms with E-state index in [1.54, 1.807) is 61.5 Å². The van der Waals surface area contributed by atoms with Crippen molar-refractivity contribution in [3.63, 3.8) is 0 Å². The summed E-state index contributed by atoms with van der Waals surface area (Å²) in [4.78, 5) is 30.1. The topological polar surface area (TPSA) is 86.8 Å². The molecule has 242 valence electrons. The molecule has 0 spiro atoms. The second-order valence-corrected chi connectivity index (χ2v) is 15.0. The number of benzene rings is 4. The quantitative estimate of drug-likeness (QED) is 0.179. The van der Waals surface area contributed by atoms with Crippen LogP contribution in [0.4, 0.5) is 5.69 Å². The summed E-state index contributed by atoms with van der Waals surface area (Å²) in [6.07, 6.45) is 0.211. The summed E-state index contributed by atoms with van der Waals surface area (Å²) >= 11 is 12.6. The number of hydrogen-bond donors (Lipinski definition) is 1. The lowest BCUT2D eigenvalue weighted by molar-refractivity contribution is -0.140. The van der Waals surface area contributed by atoms with Crippen molar-refractivity contribution in [2.75, 3.05) is 10.8 Å². The van der Waals surface area contributed by atoms with Gasteiger partial charge >= 0.3 is 0 Å². The minimum atomic E-state index is -4.24. The van der Waals surface area contributed by atoms with Crippen LogP contribution in [-0.2, 0) is 32.6 Å². The molecular weight excluding hydrogens is 641 g/mol. The number of nitrogens with one attached hydrogen (secondary N) is 1. The zero-order valence-corrected chi connectivity index (χ0v) is 29.0. The smallest absolute Gasteiger partial charge is 0.264 e. The van der Waals surface area contributed by atoms with Crippen molar-refractivity contribution in [2.24, 2.45) is 0 Å². The van der Waals surface area contributed by atoms with E-state index in [2.05, 4.69) is 5.32 Å². The zero-order valence-electron chi connectivity index (χ0n) is 26.6. The van der Waals surface area contributed by atoms with E-state index in [-0.39, 0.29) is 29.5 Å². The molecule has 0 aromatic heterocycles. The Bertz CT molecular complexity index is 1770. The van der Waals surface area contributed by atoms with Crippen molar-refractivity contribution >= 4 is 50.7 Å². The molecule has 0 saturated carbocycles. The molecule has 7 nitrogen and oxygen atoms in total. The highest BCUT2D eigenvalue weighted by Gasteiger charge is 2.36. The molecular formula is C36H39Cl2N3O4S. The first-order valence-corrected chi connectivity index (χ1v) is 17.1. The largest absolute Gasteiger partial charge is 0.350 e. The molecule has 0 fully saturated rings. The third kappa shape index (κ3) is 8.90. The number of amides is 2. The standard InChI is InChI=1S/C36H39Cl2N3O4S/c1-25-14-20-30(21-15-25)46(44,45)41(32-13-9-12-31(38)26(32)2)24-34(42)40(23-28-16-18-29(37)19-17-28)33(35(43)39-36(3,4)5)22-27-10-7-6-8-11-27/h6-21,33H,22-24H2,1-5H3,(H,39,43)/t33-/m0/s1.